The first-order valence-corrected chi connectivity index (χ1v) is 6.46. The fourth-order valence-corrected chi connectivity index (χ4v) is 1.68. The molecular weight excluding hydrogens is 274 g/mol. The van der Waals surface area contributed by atoms with E-state index in [1.807, 2.05) is 0 Å². The highest BCUT2D eigenvalue weighted by atomic mass is 16.4. The van der Waals surface area contributed by atoms with Crippen molar-refractivity contribution in [3.05, 3.63) is 29.8 Å². The van der Waals surface area contributed by atoms with E-state index in [9.17, 15) is 14.4 Å². The second kappa shape index (κ2) is 7.88. The summed E-state index contributed by atoms with van der Waals surface area (Å²) in [5.41, 5.74) is 1.29. The summed E-state index contributed by atoms with van der Waals surface area (Å²) < 4.78 is 0. The third-order valence-electron chi connectivity index (χ3n) is 2.87. The topological polar surface area (TPSA) is 98.7 Å². The highest BCUT2D eigenvalue weighted by molar-refractivity contribution is 5.92. The number of anilines is 1. The second-order valence-electron chi connectivity index (χ2n) is 4.51. The van der Waals surface area contributed by atoms with Crippen LogP contribution in [-0.2, 0) is 16.0 Å². The van der Waals surface area contributed by atoms with Gasteiger partial charge in [0.05, 0.1) is 0 Å². The zero-order valence-electron chi connectivity index (χ0n) is 12.0. The molecule has 0 aliphatic carbocycles. The molecule has 3 amide bonds. The molecule has 114 valence electrons. The smallest absolute Gasteiger partial charge is 0.322 e. The molecule has 1 aromatic carbocycles. The van der Waals surface area contributed by atoms with Crippen molar-refractivity contribution in [2.75, 3.05) is 26.0 Å². The Morgan fingerprint density at radius 2 is 1.90 bits per heavy atom. The Morgan fingerprint density at radius 1 is 1.24 bits per heavy atom. The number of rotatable bonds is 6. The van der Waals surface area contributed by atoms with Crippen molar-refractivity contribution in [1.29, 1.82) is 0 Å². The number of aryl methyl sites for hydroxylation is 1. The van der Waals surface area contributed by atoms with E-state index in [1.165, 1.54) is 19.0 Å². The number of benzene rings is 1. The molecule has 0 radical (unpaired) electrons. The first-order valence-electron chi connectivity index (χ1n) is 6.46. The lowest BCUT2D eigenvalue weighted by atomic mass is 10.1. The van der Waals surface area contributed by atoms with Crippen LogP contribution in [0.25, 0.3) is 0 Å². The zero-order chi connectivity index (χ0) is 15.8. The highest BCUT2D eigenvalue weighted by Gasteiger charge is 2.13. The van der Waals surface area contributed by atoms with Gasteiger partial charge in [-0.2, -0.15) is 0 Å². The first kappa shape index (κ1) is 16.5. The molecule has 0 saturated carbocycles. The largest absolute Gasteiger partial charge is 0.481 e. The molecule has 0 aliphatic heterocycles. The second-order valence-corrected chi connectivity index (χ2v) is 4.51. The SMILES string of the molecule is CNC(=O)CN(C)C(=O)Nc1ccccc1CCC(=O)O. The summed E-state index contributed by atoms with van der Waals surface area (Å²) in [7, 11) is 3.00. The van der Waals surface area contributed by atoms with Crippen LogP contribution >= 0.6 is 0 Å². The lowest BCUT2D eigenvalue weighted by Gasteiger charge is -2.18. The number of carboxylic acids is 1. The molecule has 1 rings (SSSR count). The van der Waals surface area contributed by atoms with Gasteiger partial charge < -0.3 is 20.6 Å². The van der Waals surface area contributed by atoms with Crippen LogP contribution in [0.15, 0.2) is 24.3 Å². The van der Waals surface area contributed by atoms with Gasteiger partial charge >= 0.3 is 12.0 Å². The first-order chi connectivity index (χ1) is 9.93. The van der Waals surface area contributed by atoms with Gasteiger partial charge in [0.2, 0.25) is 5.91 Å². The maximum atomic E-state index is 12.0. The van der Waals surface area contributed by atoms with Crippen LogP contribution < -0.4 is 10.6 Å². The summed E-state index contributed by atoms with van der Waals surface area (Å²) >= 11 is 0. The fraction of sp³-hybridized carbons (Fsp3) is 0.357. The van der Waals surface area contributed by atoms with Crippen LogP contribution in [-0.4, -0.2) is 48.6 Å². The van der Waals surface area contributed by atoms with E-state index in [0.29, 0.717) is 12.1 Å². The maximum absolute atomic E-state index is 12.0. The Kier molecular flexibility index (Phi) is 6.19. The fourth-order valence-electron chi connectivity index (χ4n) is 1.68. The Morgan fingerprint density at radius 3 is 2.52 bits per heavy atom. The molecule has 21 heavy (non-hydrogen) atoms. The molecule has 7 nitrogen and oxygen atoms in total. The van der Waals surface area contributed by atoms with Gasteiger partial charge in [-0.15, -0.1) is 0 Å². The van der Waals surface area contributed by atoms with Crippen LogP contribution in [0.3, 0.4) is 0 Å². The third kappa shape index (κ3) is 5.52. The van der Waals surface area contributed by atoms with Gasteiger partial charge in [-0.1, -0.05) is 18.2 Å². The van der Waals surface area contributed by atoms with Crippen LogP contribution in [0.1, 0.15) is 12.0 Å². The Labute approximate surface area is 122 Å². The highest BCUT2D eigenvalue weighted by Crippen LogP contribution is 2.17. The van der Waals surface area contributed by atoms with Crippen LogP contribution in [0, 0.1) is 0 Å². The van der Waals surface area contributed by atoms with E-state index in [0.717, 1.165) is 5.56 Å². The normalized spacial score (nSPS) is 9.81. The monoisotopic (exact) mass is 293 g/mol. The minimum Gasteiger partial charge on any atom is -0.481 e. The lowest BCUT2D eigenvalue weighted by Crippen LogP contribution is -2.39. The summed E-state index contributed by atoms with van der Waals surface area (Å²) in [5.74, 6) is -1.17. The molecule has 0 spiro atoms. The van der Waals surface area contributed by atoms with Crippen molar-refractivity contribution >= 4 is 23.6 Å². The van der Waals surface area contributed by atoms with Crippen LogP contribution in [0.4, 0.5) is 10.5 Å². The number of carbonyl (C=O) groups is 3. The number of urea groups is 1. The predicted octanol–water partition coefficient (Wildman–Crippen LogP) is 0.913. The molecular formula is C14H19N3O4. The number of nitrogens with zero attached hydrogens (tertiary/aromatic N) is 1. The zero-order valence-corrected chi connectivity index (χ0v) is 12.0. The van der Waals surface area contributed by atoms with Crippen LogP contribution in [0.2, 0.25) is 0 Å². The summed E-state index contributed by atoms with van der Waals surface area (Å²) in [5, 5.41) is 13.8. The molecule has 0 bridgehead atoms. The van der Waals surface area contributed by atoms with Gasteiger partial charge in [0.15, 0.2) is 0 Å². The summed E-state index contributed by atoms with van der Waals surface area (Å²) in [6.45, 7) is -0.0559. The van der Waals surface area contributed by atoms with E-state index >= 15 is 0 Å². The molecule has 0 fully saturated rings. The quantitative estimate of drug-likeness (QED) is 0.726. The summed E-state index contributed by atoms with van der Waals surface area (Å²) in [4.78, 5) is 35.1. The summed E-state index contributed by atoms with van der Waals surface area (Å²) in [6.07, 6.45) is 0.311. The molecule has 0 aliphatic rings. The molecule has 1 aromatic rings. The number of carboxylic acid groups (broad SMARTS) is 1. The Bertz CT molecular complexity index is 531. The van der Waals surface area contributed by atoms with Crippen molar-refractivity contribution in [3.63, 3.8) is 0 Å². The van der Waals surface area contributed by atoms with Crippen molar-refractivity contribution < 1.29 is 19.5 Å². The minimum absolute atomic E-state index is 0.0129. The molecule has 0 saturated heterocycles. The van der Waals surface area contributed by atoms with Crippen molar-refractivity contribution in [2.45, 2.75) is 12.8 Å². The van der Waals surface area contributed by atoms with Crippen molar-refractivity contribution in [1.82, 2.24) is 10.2 Å². The van der Waals surface area contributed by atoms with Gasteiger partial charge in [-0.05, 0) is 18.1 Å². The van der Waals surface area contributed by atoms with Gasteiger partial charge in [0.25, 0.3) is 0 Å². The number of para-hydroxylation sites is 1. The van der Waals surface area contributed by atoms with Gasteiger partial charge in [0, 0.05) is 26.2 Å². The number of hydrogen-bond acceptors (Lipinski definition) is 3. The van der Waals surface area contributed by atoms with Gasteiger partial charge in [-0.25, -0.2) is 4.79 Å². The Balaban J connectivity index is 2.71. The van der Waals surface area contributed by atoms with E-state index < -0.39 is 12.0 Å². The minimum atomic E-state index is -0.895. The molecule has 0 atom stereocenters. The average Bonchev–Trinajstić information content (AvgIpc) is 2.45. The number of amides is 3. The van der Waals surface area contributed by atoms with Crippen molar-refractivity contribution in [2.24, 2.45) is 0 Å². The number of carbonyl (C=O) groups excluding carboxylic acids is 2. The number of hydrogen-bond donors (Lipinski definition) is 3. The van der Waals surface area contributed by atoms with E-state index in [1.54, 1.807) is 24.3 Å². The lowest BCUT2D eigenvalue weighted by molar-refractivity contribution is -0.137. The maximum Gasteiger partial charge on any atom is 0.322 e. The number of nitrogens with one attached hydrogen (secondary N) is 2. The van der Waals surface area contributed by atoms with E-state index in [4.69, 9.17) is 5.11 Å². The van der Waals surface area contributed by atoms with Crippen molar-refractivity contribution in [3.8, 4) is 0 Å². The molecule has 7 heteroatoms. The van der Waals surface area contributed by atoms with Gasteiger partial charge in [0.1, 0.15) is 6.54 Å². The van der Waals surface area contributed by atoms with Gasteiger partial charge in [-0.3, -0.25) is 9.59 Å². The molecule has 0 aromatic heterocycles. The van der Waals surface area contributed by atoms with E-state index in [-0.39, 0.29) is 18.9 Å². The number of aliphatic carboxylic acids is 1. The molecule has 3 N–H and O–H groups in total. The standard InChI is InChI=1S/C14H19N3O4/c1-15-12(18)9-17(2)14(21)16-11-6-4-3-5-10(11)7-8-13(19)20/h3-6H,7-9H2,1-2H3,(H,15,18)(H,16,21)(H,19,20). The predicted molar refractivity (Wildman–Crippen MR) is 78.1 cm³/mol. The third-order valence-corrected chi connectivity index (χ3v) is 2.87. The summed E-state index contributed by atoms with van der Waals surface area (Å²) in [6, 6.07) is 6.56. The Hall–Kier alpha value is -2.57. The van der Waals surface area contributed by atoms with Crippen LogP contribution in [0.5, 0.6) is 0 Å². The molecule has 0 heterocycles. The molecule has 0 unspecified atom stereocenters. The average molecular weight is 293 g/mol. The number of likely N-dealkylation sites (N-methyl/N-ethyl adjacent to an activating group) is 2. The van der Waals surface area contributed by atoms with E-state index in [2.05, 4.69) is 10.6 Å².